The largest absolute Gasteiger partial charge is 0.394 e. The highest BCUT2D eigenvalue weighted by Gasteiger charge is 2.52. The highest BCUT2D eigenvalue weighted by molar-refractivity contribution is 8.01. The molecule has 2 N–H and O–H groups in total. The smallest absolute Gasteiger partial charge is 0.243 e. The Hall–Kier alpha value is -0.790. The van der Waals surface area contributed by atoms with E-state index in [-0.39, 0.29) is 35.9 Å². The molecule has 0 aliphatic carbocycles. The quantitative estimate of drug-likeness (QED) is 0.648. The average molecular weight is 288 g/mol. The number of fused-ring (bicyclic) bond motifs is 1. The summed E-state index contributed by atoms with van der Waals surface area (Å²) in [7, 11) is 0. The number of aliphatic hydroxyl groups excluding tert-OH is 1. The summed E-state index contributed by atoms with van der Waals surface area (Å²) in [6, 6.07) is -0.358. The van der Waals surface area contributed by atoms with E-state index in [4.69, 9.17) is 9.84 Å². The molecule has 6 nitrogen and oxygen atoms in total. The van der Waals surface area contributed by atoms with Crippen molar-refractivity contribution in [2.75, 3.05) is 32.1 Å². The molecule has 0 radical (unpaired) electrons. The fourth-order valence-electron chi connectivity index (χ4n) is 2.55. The molecule has 0 spiro atoms. The predicted octanol–water partition coefficient (Wildman–Crippen LogP) is -0.434. The minimum absolute atomic E-state index is 0.0200. The van der Waals surface area contributed by atoms with Crippen molar-refractivity contribution >= 4 is 23.6 Å². The molecule has 19 heavy (non-hydrogen) atoms. The van der Waals surface area contributed by atoms with Crippen LogP contribution in [0.5, 0.6) is 0 Å². The zero-order valence-corrected chi connectivity index (χ0v) is 11.9. The Bertz CT molecular complexity index is 366. The number of amides is 2. The molecule has 0 aromatic rings. The Morgan fingerprint density at radius 2 is 2.42 bits per heavy atom. The molecule has 2 aliphatic heterocycles. The van der Waals surface area contributed by atoms with Crippen molar-refractivity contribution < 1.29 is 19.4 Å². The van der Waals surface area contributed by atoms with Gasteiger partial charge < -0.3 is 20.1 Å². The van der Waals surface area contributed by atoms with Gasteiger partial charge in [0.25, 0.3) is 0 Å². The summed E-state index contributed by atoms with van der Waals surface area (Å²) in [6.45, 7) is 3.06. The van der Waals surface area contributed by atoms with E-state index in [0.717, 1.165) is 6.42 Å². The van der Waals surface area contributed by atoms with E-state index in [1.807, 2.05) is 6.92 Å². The third-order valence-electron chi connectivity index (χ3n) is 3.53. The fraction of sp³-hybridized carbons (Fsp3) is 0.833. The van der Waals surface area contributed by atoms with Gasteiger partial charge in [0.05, 0.1) is 24.7 Å². The van der Waals surface area contributed by atoms with Crippen molar-refractivity contribution in [1.29, 1.82) is 0 Å². The average Bonchev–Trinajstić information content (AvgIpc) is 2.87. The van der Waals surface area contributed by atoms with Crippen molar-refractivity contribution in [3.8, 4) is 0 Å². The molecule has 2 atom stereocenters. The summed E-state index contributed by atoms with van der Waals surface area (Å²) < 4.78 is 5.07. The van der Waals surface area contributed by atoms with Crippen LogP contribution in [-0.2, 0) is 14.3 Å². The molecule has 0 bridgehead atoms. The molecular formula is C12H20N2O4S. The molecule has 2 aliphatic rings. The van der Waals surface area contributed by atoms with Gasteiger partial charge in [-0.25, -0.2) is 0 Å². The first kappa shape index (κ1) is 14.6. The number of thioether (sulfide) groups is 1. The summed E-state index contributed by atoms with van der Waals surface area (Å²) in [5.41, 5.74) is 0. The summed E-state index contributed by atoms with van der Waals surface area (Å²) in [5, 5.41) is 11.3. The SMILES string of the molecule is CC12CCC(=O)N1C(C(=O)NCCOCCO)CS2. The van der Waals surface area contributed by atoms with E-state index in [2.05, 4.69) is 5.32 Å². The fourth-order valence-corrected chi connectivity index (χ4v) is 3.98. The maximum atomic E-state index is 12.1. The summed E-state index contributed by atoms with van der Waals surface area (Å²) in [4.78, 5) is 25.5. The Morgan fingerprint density at radius 1 is 1.63 bits per heavy atom. The van der Waals surface area contributed by atoms with Gasteiger partial charge in [-0.3, -0.25) is 9.59 Å². The van der Waals surface area contributed by atoms with Crippen LogP contribution >= 0.6 is 11.8 Å². The van der Waals surface area contributed by atoms with Crippen LogP contribution < -0.4 is 5.32 Å². The van der Waals surface area contributed by atoms with Crippen LogP contribution in [0.3, 0.4) is 0 Å². The van der Waals surface area contributed by atoms with Crippen LogP contribution in [0.4, 0.5) is 0 Å². The second-order valence-corrected chi connectivity index (χ2v) is 6.39. The van der Waals surface area contributed by atoms with E-state index in [9.17, 15) is 9.59 Å². The van der Waals surface area contributed by atoms with E-state index >= 15 is 0 Å². The number of aliphatic hydroxyl groups is 1. The number of carbonyl (C=O) groups is 2. The lowest BCUT2D eigenvalue weighted by Crippen LogP contribution is -2.50. The summed E-state index contributed by atoms with van der Waals surface area (Å²) in [5.74, 6) is 0.620. The molecule has 2 fully saturated rings. The first-order chi connectivity index (χ1) is 9.08. The highest BCUT2D eigenvalue weighted by Crippen LogP contribution is 2.47. The zero-order chi connectivity index (χ0) is 13.9. The van der Waals surface area contributed by atoms with Gasteiger partial charge in [0.15, 0.2) is 0 Å². The second-order valence-electron chi connectivity index (χ2n) is 4.89. The van der Waals surface area contributed by atoms with Crippen LogP contribution in [0.25, 0.3) is 0 Å². The lowest BCUT2D eigenvalue weighted by Gasteiger charge is -2.29. The number of nitrogens with zero attached hydrogens (tertiary/aromatic N) is 1. The van der Waals surface area contributed by atoms with Crippen LogP contribution in [0, 0.1) is 0 Å². The Balaban J connectivity index is 1.81. The number of rotatable bonds is 6. The molecule has 2 unspecified atom stereocenters. The first-order valence-electron chi connectivity index (χ1n) is 6.51. The lowest BCUT2D eigenvalue weighted by atomic mass is 10.2. The van der Waals surface area contributed by atoms with Gasteiger partial charge in [0.1, 0.15) is 6.04 Å². The standard InChI is InChI=1S/C12H20N2O4S/c1-12-3-2-10(16)14(12)9(8-19-12)11(17)13-4-6-18-7-5-15/h9,15H,2-8H2,1H3,(H,13,17). The number of ether oxygens (including phenoxy) is 1. The molecule has 2 saturated heterocycles. The second kappa shape index (κ2) is 6.11. The monoisotopic (exact) mass is 288 g/mol. The Morgan fingerprint density at radius 3 is 3.16 bits per heavy atom. The van der Waals surface area contributed by atoms with E-state index in [1.54, 1.807) is 16.7 Å². The number of nitrogens with one attached hydrogen (secondary N) is 1. The molecule has 2 amide bonds. The zero-order valence-electron chi connectivity index (χ0n) is 11.1. The van der Waals surface area contributed by atoms with Crippen molar-refractivity contribution in [2.45, 2.75) is 30.7 Å². The molecule has 2 rings (SSSR count). The Kier molecular flexibility index (Phi) is 4.70. The maximum absolute atomic E-state index is 12.1. The Labute approximate surface area is 116 Å². The molecule has 0 aromatic carbocycles. The van der Waals surface area contributed by atoms with Crippen LogP contribution in [-0.4, -0.2) is 64.9 Å². The molecule has 0 aromatic heterocycles. The van der Waals surface area contributed by atoms with Crippen LogP contribution in [0.1, 0.15) is 19.8 Å². The summed E-state index contributed by atoms with van der Waals surface area (Å²) in [6.07, 6.45) is 1.35. The summed E-state index contributed by atoms with van der Waals surface area (Å²) >= 11 is 1.68. The maximum Gasteiger partial charge on any atom is 0.243 e. The van der Waals surface area contributed by atoms with Crippen LogP contribution in [0.15, 0.2) is 0 Å². The topological polar surface area (TPSA) is 78.9 Å². The van der Waals surface area contributed by atoms with Gasteiger partial charge in [-0.05, 0) is 13.3 Å². The molecule has 0 saturated carbocycles. The minimum atomic E-state index is -0.358. The molecular weight excluding hydrogens is 268 g/mol. The van der Waals surface area contributed by atoms with Crippen LogP contribution in [0.2, 0.25) is 0 Å². The number of carbonyl (C=O) groups excluding carboxylic acids is 2. The third-order valence-corrected chi connectivity index (χ3v) is 5.03. The van der Waals surface area contributed by atoms with E-state index in [0.29, 0.717) is 25.3 Å². The lowest BCUT2D eigenvalue weighted by molar-refractivity contribution is -0.138. The van der Waals surface area contributed by atoms with Crippen molar-refractivity contribution in [1.82, 2.24) is 10.2 Å². The van der Waals surface area contributed by atoms with E-state index < -0.39 is 0 Å². The third kappa shape index (κ3) is 3.04. The van der Waals surface area contributed by atoms with Crippen molar-refractivity contribution in [3.63, 3.8) is 0 Å². The normalized spacial score (nSPS) is 29.7. The van der Waals surface area contributed by atoms with Gasteiger partial charge in [0, 0.05) is 18.7 Å². The van der Waals surface area contributed by atoms with Gasteiger partial charge in [0.2, 0.25) is 11.8 Å². The highest BCUT2D eigenvalue weighted by atomic mass is 32.2. The predicted molar refractivity (Wildman–Crippen MR) is 71.6 cm³/mol. The van der Waals surface area contributed by atoms with Gasteiger partial charge in [-0.15, -0.1) is 11.8 Å². The first-order valence-corrected chi connectivity index (χ1v) is 7.49. The molecule has 7 heteroatoms. The number of hydrogen-bond donors (Lipinski definition) is 2. The van der Waals surface area contributed by atoms with Crippen molar-refractivity contribution in [2.24, 2.45) is 0 Å². The van der Waals surface area contributed by atoms with Gasteiger partial charge in [-0.1, -0.05) is 0 Å². The number of hydrogen-bond acceptors (Lipinski definition) is 5. The molecule has 108 valence electrons. The van der Waals surface area contributed by atoms with Crippen molar-refractivity contribution in [3.05, 3.63) is 0 Å². The van der Waals surface area contributed by atoms with E-state index in [1.165, 1.54) is 0 Å². The molecule has 2 heterocycles. The minimum Gasteiger partial charge on any atom is -0.394 e. The van der Waals surface area contributed by atoms with Gasteiger partial charge in [-0.2, -0.15) is 0 Å². The van der Waals surface area contributed by atoms with Gasteiger partial charge >= 0.3 is 0 Å².